The van der Waals surface area contributed by atoms with Crippen LogP contribution in [0.25, 0.3) is 6.08 Å². The second kappa shape index (κ2) is 7.40. The van der Waals surface area contributed by atoms with E-state index in [2.05, 4.69) is 5.32 Å². The van der Waals surface area contributed by atoms with E-state index in [9.17, 15) is 20.2 Å². The standard InChI is InChI=1S/C16H17N3O4/c1-23-15-7-6-14(19(21)22)9-11(15)8-12(10-17)16(20)18-13-4-2-3-5-13/h6-9,13H,2-5H2,1H3,(H,18,20)/b12-8-. The summed E-state index contributed by atoms with van der Waals surface area (Å²) in [5, 5.41) is 22.9. The number of carbonyl (C=O) groups is 1. The molecule has 2 rings (SSSR count). The fraction of sp³-hybridized carbons (Fsp3) is 0.375. The number of benzene rings is 1. The van der Waals surface area contributed by atoms with Gasteiger partial charge in [-0.15, -0.1) is 0 Å². The summed E-state index contributed by atoms with van der Waals surface area (Å²) in [6.45, 7) is 0. The number of nitro benzene ring substituents is 1. The molecule has 23 heavy (non-hydrogen) atoms. The molecule has 0 spiro atoms. The van der Waals surface area contributed by atoms with E-state index in [1.807, 2.05) is 6.07 Å². The molecule has 0 radical (unpaired) electrons. The maximum Gasteiger partial charge on any atom is 0.270 e. The van der Waals surface area contributed by atoms with Crippen LogP contribution in [0.1, 0.15) is 31.2 Å². The van der Waals surface area contributed by atoms with E-state index in [4.69, 9.17) is 4.74 Å². The van der Waals surface area contributed by atoms with Gasteiger partial charge in [-0.25, -0.2) is 0 Å². The molecule has 0 saturated heterocycles. The van der Waals surface area contributed by atoms with Gasteiger partial charge >= 0.3 is 0 Å². The quantitative estimate of drug-likeness (QED) is 0.389. The first-order valence-corrected chi connectivity index (χ1v) is 7.30. The molecule has 1 aliphatic carbocycles. The Balaban J connectivity index is 2.29. The Kier molecular flexibility index (Phi) is 5.31. The van der Waals surface area contributed by atoms with Crippen molar-refractivity contribution in [1.29, 1.82) is 5.26 Å². The monoisotopic (exact) mass is 315 g/mol. The minimum atomic E-state index is -0.540. The lowest BCUT2D eigenvalue weighted by Crippen LogP contribution is -2.33. The summed E-state index contributed by atoms with van der Waals surface area (Å²) < 4.78 is 5.13. The maximum atomic E-state index is 12.2. The Labute approximate surface area is 133 Å². The summed E-state index contributed by atoms with van der Waals surface area (Å²) in [4.78, 5) is 22.5. The Morgan fingerprint density at radius 2 is 2.17 bits per heavy atom. The number of nitriles is 1. The minimum absolute atomic E-state index is 0.0891. The van der Waals surface area contributed by atoms with Gasteiger partial charge in [0.2, 0.25) is 0 Å². The molecule has 0 heterocycles. The zero-order chi connectivity index (χ0) is 16.8. The number of ether oxygens (including phenoxy) is 1. The molecule has 1 aliphatic rings. The highest BCUT2D eigenvalue weighted by molar-refractivity contribution is 6.02. The second-order valence-electron chi connectivity index (χ2n) is 5.31. The first kappa shape index (κ1) is 16.5. The van der Waals surface area contributed by atoms with Crippen LogP contribution in [-0.2, 0) is 4.79 Å². The third kappa shape index (κ3) is 4.07. The molecule has 1 amide bonds. The predicted molar refractivity (Wildman–Crippen MR) is 83.6 cm³/mol. The highest BCUT2D eigenvalue weighted by Crippen LogP contribution is 2.26. The van der Waals surface area contributed by atoms with Crippen molar-refractivity contribution in [1.82, 2.24) is 5.32 Å². The SMILES string of the molecule is COc1ccc([N+](=O)[O-])cc1/C=C(/C#N)C(=O)NC1CCCC1. The lowest BCUT2D eigenvalue weighted by molar-refractivity contribution is -0.384. The largest absolute Gasteiger partial charge is 0.496 e. The molecule has 0 aliphatic heterocycles. The van der Waals surface area contributed by atoms with Crippen LogP contribution in [0.15, 0.2) is 23.8 Å². The molecule has 1 N–H and O–H groups in total. The topological polar surface area (TPSA) is 105 Å². The van der Waals surface area contributed by atoms with Crippen LogP contribution in [0.5, 0.6) is 5.75 Å². The number of amides is 1. The molecule has 0 atom stereocenters. The Hall–Kier alpha value is -2.88. The van der Waals surface area contributed by atoms with Gasteiger partial charge in [0.1, 0.15) is 17.4 Å². The van der Waals surface area contributed by atoms with Crippen molar-refractivity contribution < 1.29 is 14.5 Å². The molecule has 1 aromatic carbocycles. The first-order chi connectivity index (χ1) is 11.0. The summed E-state index contributed by atoms with van der Waals surface area (Å²) in [7, 11) is 1.42. The average Bonchev–Trinajstić information content (AvgIpc) is 3.04. The third-order valence-corrected chi connectivity index (χ3v) is 3.78. The van der Waals surface area contributed by atoms with Gasteiger partial charge in [-0.1, -0.05) is 12.8 Å². The van der Waals surface area contributed by atoms with Crippen molar-refractivity contribution >= 4 is 17.7 Å². The van der Waals surface area contributed by atoms with Crippen molar-refractivity contribution in [2.45, 2.75) is 31.7 Å². The van der Waals surface area contributed by atoms with Crippen molar-refractivity contribution in [2.75, 3.05) is 7.11 Å². The van der Waals surface area contributed by atoms with E-state index in [-0.39, 0.29) is 17.3 Å². The summed E-state index contributed by atoms with van der Waals surface area (Å²) in [5.41, 5.74) is 0.0843. The highest BCUT2D eigenvalue weighted by Gasteiger charge is 2.20. The highest BCUT2D eigenvalue weighted by atomic mass is 16.6. The minimum Gasteiger partial charge on any atom is -0.496 e. The molecule has 7 nitrogen and oxygen atoms in total. The third-order valence-electron chi connectivity index (χ3n) is 3.78. The number of nitro groups is 1. The van der Waals surface area contributed by atoms with E-state index in [1.54, 1.807) is 0 Å². The van der Waals surface area contributed by atoms with Gasteiger partial charge in [0.05, 0.1) is 12.0 Å². The molecule has 1 saturated carbocycles. The normalized spacial score (nSPS) is 15.0. The maximum absolute atomic E-state index is 12.2. The van der Waals surface area contributed by atoms with Crippen LogP contribution in [-0.4, -0.2) is 24.0 Å². The zero-order valence-electron chi connectivity index (χ0n) is 12.7. The van der Waals surface area contributed by atoms with Crippen molar-refractivity contribution in [3.63, 3.8) is 0 Å². The fourth-order valence-electron chi connectivity index (χ4n) is 2.59. The number of hydrogen-bond donors (Lipinski definition) is 1. The molecule has 1 fully saturated rings. The van der Waals surface area contributed by atoms with Crippen LogP contribution in [0.2, 0.25) is 0 Å². The first-order valence-electron chi connectivity index (χ1n) is 7.30. The Morgan fingerprint density at radius 3 is 2.74 bits per heavy atom. The number of methoxy groups -OCH3 is 1. The second-order valence-corrected chi connectivity index (χ2v) is 5.31. The molecular formula is C16H17N3O4. The summed E-state index contributed by atoms with van der Waals surface area (Å²) in [6.07, 6.45) is 5.26. The van der Waals surface area contributed by atoms with Crippen LogP contribution < -0.4 is 10.1 Å². The number of rotatable bonds is 5. The molecule has 0 unspecified atom stereocenters. The molecule has 0 bridgehead atoms. The lowest BCUT2D eigenvalue weighted by Gasteiger charge is -2.11. The molecular weight excluding hydrogens is 298 g/mol. The van der Waals surface area contributed by atoms with E-state index in [0.717, 1.165) is 25.7 Å². The van der Waals surface area contributed by atoms with E-state index in [1.165, 1.54) is 31.4 Å². The Morgan fingerprint density at radius 1 is 1.48 bits per heavy atom. The van der Waals surface area contributed by atoms with Crippen LogP contribution in [0.3, 0.4) is 0 Å². The van der Waals surface area contributed by atoms with Gasteiger partial charge in [-0.2, -0.15) is 5.26 Å². The number of carbonyl (C=O) groups excluding carboxylic acids is 1. The van der Waals surface area contributed by atoms with E-state index < -0.39 is 10.8 Å². The Bertz CT molecular complexity index is 685. The predicted octanol–water partition coefficient (Wildman–Crippen LogP) is 2.57. The van der Waals surface area contributed by atoms with Gasteiger partial charge in [-0.3, -0.25) is 14.9 Å². The smallest absolute Gasteiger partial charge is 0.270 e. The summed E-state index contributed by atoms with van der Waals surface area (Å²) in [5.74, 6) is -0.107. The molecule has 120 valence electrons. The molecule has 0 aromatic heterocycles. The zero-order valence-corrected chi connectivity index (χ0v) is 12.7. The van der Waals surface area contributed by atoms with Crippen molar-refractivity contribution in [2.24, 2.45) is 0 Å². The van der Waals surface area contributed by atoms with Gasteiger partial charge < -0.3 is 10.1 Å². The summed E-state index contributed by atoms with van der Waals surface area (Å²) >= 11 is 0. The van der Waals surface area contributed by atoms with E-state index >= 15 is 0 Å². The average molecular weight is 315 g/mol. The number of nitrogens with zero attached hydrogens (tertiary/aromatic N) is 2. The van der Waals surface area contributed by atoms with Gasteiger partial charge in [0.15, 0.2) is 0 Å². The van der Waals surface area contributed by atoms with Crippen LogP contribution in [0.4, 0.5) is 5.69 Å². The number of non-ortho nitro benzene ring substituents is 1. The van der Waals surface area contributed by atoms with Gasteiger partial charge in [0, 0.05) is 23.7 Å². The fourth-order valence-corrected chi connectivity index (χ4v) is 2.59. The number of nitrogens with one attached hydrogen (secondary N) is 1. The van der Waals surface area contributed by atoms with Crippen molar-refractivity contribution in [3.8, 4) is 11.8 Å². The van der Waals surface area contributed by atoms with Gasteiger partial charge in [-0.05, 0) is 25.0 Å². The van der Waals surface area contributed by atoms with Crippen LogP contribution >= 0.6 is 0 Å². The van der Waals surface area contributed by atoms with Gasteiger partial charge in [0.25, 0.3) is 11.6 Å². The molecule has 1 aromatic rings. The van der Waals surface area contributed by atoms with E-state index in [0.29, 0.717) is 11.3 Å². The molecule has 7 heteroatoms. The van der Waals surface area contributed by atoms with Crippen molar-refractivity contribution in [3.05, 3.63) is 39.4 Å². The number of hydrogen-bond acceptors (Lipinski definition) is 5. The van der Waals surface area contributed by atoms with Crippen LogP contribution in [0, 0.1) is 21.4 Å². The lowest BCUT2D eigenvalue weighted by atomic mass is 10.1. The summed E-state index contributed by atoms with van der Waals surface area (Å²) in [6, 6.07) is 5.96.